The number of phenolic OH excluding ortho intramolecular Hbond substituents is 1. The van der Waals surface area contributed by atoms with E-state index in [-0.39, 0.29) is 68.0 Å². The molecule has 95 heavy (non-hydrogen) atoms. The number of H-pyrrole nitrogens is 1. The van der Waals surface area contributed by atoms with E-state index in [1.165, 1.54) is 31.2 Å². The van der Waals surface area contributed by atoms with Crippen LogP contribution in [-0.2, 0) is 80.1 Å². The fourth-order valence-electron chi connectivity index (χ4n) is 12.0. The lowest BCUT2D eigenvalue weighted by atomic mass is 9.85. The smallest absolute Gasteiger partial charge is 0.243 e. The number of rotatable bonds is 19. The van der Waals surface area contributed by atoms with E-state index in [2.05, 4.69) is 47.5 Å². The first-order valence-corrected chi connectivity index (χ1v) is 33.0. The number of aliphatic hydroxyl groups is 3. The number of aliphatic hydroxyl groups excluding tert-OH is 3. The van der Waals surface area contributed by atoms with Gasteiger partial charge in [0.25, 0.3) is 0 Å². The summed E-state index contributed by atoms with van der Waals surface area (Å²) in [5.74, 6) is -16.7. The fraction of sp³-hybridized carbons (Fsp3) is 0.569. The number of aromatic hydroxyl groups is 1. The highest BCUT2D eigenvalue weighted by Gasteiger charge is 2.45. The van der Waals surface area contributed by atoms with E-state index in [1.807, 2.05) is 0 Å². The van der Waals surface area contributed by atoms with Crippen molar-refractivity contribution in [3.05, 3.63) is 53.6 Å². The van der Waals surface area contributed by atoms with Crippen molar-refractivity contribution in [3.63, 3.8) is 0 Å². The van der Waals surface area contributed by atoms with Gasteiger partial charge in [0.15, 0.2) is 17.3 Å². The zero-order valence-electron chi connectivity index (χ0n) is 54.2. The maximum absolute atomic E-state index is 15.1. The van der Waals surface area contributed by atoms with Gasteiger partial charge in [0, 0.05) is 111 Å². The van der Waals surface area contributed by atoms with Crippen LogP contribution in [0.2, 0.25) is 0 Å². The quantitative estimate of drug-likeness (QED) is 0.0675. The number of thioether (sulfide) groups is 1. The predicted octanol–water partition coefficient (Wildman–Crippen LogP) is -0.464. The lowest BCUT2D eigenvalue weighted by Gasteiger charge is -2.32. The number of nitrogens with one attached hydrogen (secondary N) is 9. The maximum Gasteiger partial charge on any atom is 0.243 e. The Morgan fingerprint density at radius 1 is 0.779 bits per heavy atom. The Kier molecular flexibility index (Phi) is 25.8. The number of likely N-dealkylation sites (tertiary alicyclic amines) is 1. The van der Waals surface area contributed by atoms with Crippen molar-refractivity contribution >= 4 is 111 Å². The molecule has 13 N–H and O–H groups in total. The molecule has 11 amide bonds. The third kappa shape index (κ3) is 19.3. The molecule has 516 valence electrons. The number of hydrogen-bond acceptors (Lipinski definition) is 19. The van der Waals surface area contributed by atoms with Crippen LogP contribution in [0.15, 0.2) is 47.5 Å². The highest BCUT2D eigenvalue weighted by atomic mass is 32.2. The normalized spacial score (nSPS) is 24.7. The Bertz CT molecular complexity index is 3430. The van der Waals surface area contributed by atoms with Gasteiger partial charge >= 0.3 is 0 Å². The van der Waals surface area contributed by atoms with Crippen molar-refractivity contribution in [2.75, 3.05) is 43.9 Å². The van der Waals surface area contributed by atoms with Crippen LogP contribution in [0.1, 0.15) is 111 Å². The molecule has 2 bridgehead atoms. The standard InChI is InChI=1S/C65H87N11O18S/c1-8-32(4)57-62(92)68-26-53(86)70-45-30-95-63-43(42-14-13-40(78)23-44(42)71-63)19-37(60(90)67-27-54(87)73-57)20-49(82)58(35(7)50(83)29-77)74-61(91)46-24-41(79)28-76(46)65(94)38(21-47(45)80)22-52(85)66-25-36-9-11-39(12-10-36)69-59(89)33(5)17-48(81)56(31(2)3)72-51(84)15-16-75-55(88)18-34(6)64(75)93/h9-14,23,31-35,37-38,41,45-46,50,56-58,71,77-79,83H,8,15-22,24-30H2,1-7H3,(H,66,85)(H,67,90)(H,68,92)(H,69,89)(H,70,86)(H,72,84)(H,73,87)(H,74,91)/t32-,33+,34?,35-,37+,38-,41?,45-,46-,50-,56-,57-,58-/m0/s1. The molecule has 4 aliphatic rings. The number of benzene rings is 2. The van der Waals surface area contributed by atoms with Gasteiger partial charge in [-0.1, -0.05) is 67.0 Å². The Morgan fingerprint density at radius 2 is 1.46 bits per heavy atom. The molecule has 2 aromatic carbocycles. The first kappa shape index (κ1) is 73.8. The number of fused-ring (bicyclic) bond motifs is 5. The van der Waals surface area contributed by atoms with Gasteiger partial charge in [-0.25, -0.2) is 0 Å². The summed E-state index contributed by atoms with van der Waals surface area (Å²) in [4.78, 5) is 199. The number of carbonyl (C=O) groups excluding carboxylic acids is 14. The third-order valence-corrected chi connectivity index (χ3v) is 19.1. The molecule has 7 rings (SSSR count). The van der Waals surface area contributed by atoms with Crippen LogP contribution in [-0.4, -0.2) is 198 Å². The number of Topliss-reactive ketones (excluding diaryl/α,β-unsaturated/α-hetero) is 3. The number of nitrogens with zero attached hydrogens (tertiary/aromatic N) is 2. The minimum atomic E-state index is -1.67. The lowest BCUT2D eigenvalue weighted by Crippen LogP contribution is -2.56. The molecular formula is C65H87N11O18S. The topological polar surface area (TPSA) is 438 Å². The zero-order valence-corrected chi connectivity index (χ0v) is 55.1. The average molecular weight is 1340 g/mol. The number of imide groups is 1. The lowest BCUT2D eigenvalue weighted by molar-refractivity contribution is -0.145. The van der Waals surface area contributed by atoms with Gasteiger partial charge in [-0.2, -0.15) is 0 Å². The van der Waals surface area contributed by atoms with Gasteiger partial charge in [0.2, 0.25) is 65.0 Å². The van der Waals surface area contributed by atoms with Crippen molar-refractivity contribution in [1.82, 2.24) is 52.0 Å². The van der Waals surface area contributed by atoms with Crippen molar-refractivity contribution in [1.29, 1.82) is 0 Å². The molecule has 0 spiro atoms. The second kappa shape index (κ2) is 33.2. The summed E-state index contributed by atoms with van der Waals surface area (Å²) in [6.45, 7) is 8.41. The molecule has 2 saturated heterocycles. The SMILES string of the molecule is CC[C@H](C)[C@@H]1NC(=O)CNC(=O)[C@H]2CC(=O)[C@H]([C@@H](C)[C@@H](O)CO)NC(=O)[C@@H]3CC(O)CN3C(=O)[C@H](CC(=O)NCc3ccc(NC(=O)[C@H](C)CC(=O)[C@@H](NC(=O)CCN4C(=O)CC(C)C4=O)C(C)C)cc3)CC(=O)[C@H](CSc3[nH]c4cc(O)ccc4c3C2)NC(=O)CNC1=O. The summed E-state index contributed by atoms with van der Waals surface area (Å²) in [7, 11) is 0. The van der Waals surface area contributed by atoms with Gasteiger partial charge in [-0.15, -0.1) is 11.8 Å². The number of anilines is 1. The second-order valence-corrected chi connectivity index (χ2v) is 26.7. The van der Waals surface area contributed by atoms with Crippen LogP contribution >= 0.6 is 11.8 Å². The first-order valence-electron chi connectivity index (χ1n) is 32.0. The summed E-state index contributed by atoms with van der Waals surface area (Å²) >= 11 is 0.985. The van der Waals surface area contributed by atoms with E-state index in [0.717, 1.165) is 21.6 Å². The number of amides is 11. The van der Waals surface area contributed by atoms with Gasteiger partial charge < -0.3 is 72.8 Å². The summed E-state index contributed by atoms with van der Waals surface area (Å²) in [5, 5.41) is 64.7. The Morgan fingerprint density at radius 3 is 2.12 bits per heavy atom. The number of aromatic amines is 1. The largest absolute Gasteiger partial charge is 0.508 e. The molecule has 0 aliphatic carbocycles. The minimum Gasteiger partial charge on any atom is -0.508 e. The maximum atomic E-state index is 15.1. The number of aromatic nitrogens is 1. The Hall–Kier alpha value is -8.61. The molecule has 2 unspecified atom stereocenters. The molecule has 30 heteroatoms. The molecule has 0 radical (unpaired) electrons. The fourth-order valence-corrected chi connectivity index (χ4v) is 13.2. The van der Waals surface area contributed by atoms with E-state index in [1.54, 1.807) is 59.7 Å². The van der Waals surface area contributed by atoms with Crippen LogP contribution in [0.4, 0.5) is 5.69 Å². The summed E-state index contributed by atoms with van der Waals surface area (Å²) < 4.78 is 0. The summed E-state index contributed by atoms with van der Waals surface area (Å²) in [6.07, 6.45) is -5.79. The third-order valence-electron chi connectivity index (χ3n) is 18.0. The first-order chi connectivity index (χ1) is 45.0. The van der Waals surface area contributed by atoms with Crippen LogP contribution < -0.4 is 42.5 Å². The molecule has 13 atom stereocenters. The van der Waals surface area contributed by atoms with Gasteiger partial charge in [0.1, 0.15) is 17.8 Å². The van der Waals surface area contributed by atoms with E-state index < -0.39 is 200 Å². The monoisotopic (exact) mass is 1340 g/mol. The highest BCUT2D eigenvalue weighted by molar-refractivity contribution is 7.99. The van der Waals surface area contributed by atoms with Gasteiger partial charge in [0.05, 0.1) is 66.5 Å². The zero-order chi connectivity index (χ0) is 69.7. The number of phenols is 1. The number of hydrogen-bond donors (Lipinski definition) is 13. The molecule has 4 aliphatic heterocycles. The van der Waals surface area contributed by atoms with E-state index in [4.69, 9.17) is 0 Å². The highest BCUT2D eigenvalue weighted by Crippen LogP contribution is 2.36. The van der Waals surface area contributed by atoms with Gasteiger partial charge in [-0.3, -0.25) is 72.0 Å². The van der Waals surface area contributed by atoms with E-state index in [9.17, 15) is 78.0 Å². The molecule has 1 aromatic heterocycles. The Balaban J connectivity index is 1.14. The van der Waals surface area contributed by atoms with Crippen molar-refractivity contribution < 1.29 is 87.5 Å². The van der Waals surface area contributed by atoms with Crippen molar-refractivity contribution in [2.45, 2.75) is 160 Å². The second-order valence-electron chi connectivity index (χ2n) is 25.7. The molecule has 2 fully saturated rings. The van der Waals surface area contributed by atoms with Crippen LogP contribution in [0.5, 0.6) is 5.75 Å². The minimum absolute atomic E-state index is 0.0628. The van der Waals surface area contributed by atoms with E-state index in [0.29, 0.717) is 39.2 Å². The predicted molar refractivity (Wildman–Crippen MR) is 342 cm³/mol. The van der Waals surface area contributed by atoms with Gasteiger partial charge in [-0.05, 0) is 53.6 Å². The molecule has 29 nitrogen and oxygen atoms in total. The van der Waals surface area contributed by atoms with Crippen molar-refractivity contribution in [2.24, 2.45) is 41.4 Å². The van der Waals surface area contributed by atoms with E-state index >= 15 is 9.59 Å². The van der Waals surface area contributed by atoms with Crippen molar-refractivity contribution in [3.8, 4) is 5.75 Å². The summed E-state index contributed by atoms with van der Waals surface area (Å²) in [5.41, 5.74) is 1.56. The summed E-state index contributed by atoms with van der Waals surface area (Å²) in [6, 6.07) is 3.66. The molecule has 0 saturated carbocycles. The Labute approximate surface area is 552 Å². The molecule has 5 heterocycles. The van der Waals surface area contributed by atoms with Crippen LogP contribution in [0.3, 0.4) is 0 Å². The average Bonchev–Trinajstić information content (AvgIpc) is 1.67. The molecule has 3 aromatic rings. The van der Waals surface area contributed by atoms with Crippen LogP contribution in [0.25, 0.3) is 10.9 Å². The van der Waals surface area contributed by atoms with Crippen LogP contribution in [0, 0.1) is 41.4 Å². The molecular weight excluding hydrogens is 1250 g/mol. The number of carbonyl (C=O) groups is 14. The number of ketones is 3.